The predicted molar refractivity (Wildman–Crippen MR) is 40.0 cm³/mol. The molecule has 0 radical (unpaired) electrons. The quantitative estimate of drug-likeness (QED) is 0.225. The molecule has 0 spiro atoms. The fourth-order valence-corrected chi connectivity index (χ4v) is 1.54. The Labute approximate surface area is 78.3 Å². The summed E-state index contributed by atoms with van der Waals surface area (Å²) in [4.78, 5) is 8.69. The predicted octanol–water partition coefficient (Wildman–Crippen LogP) is 0.369. The lowest BCUT2D eigenvalue weighted by molar-refractivity contribution is -0.714. The van der Waals surface area contributed by atoms with E-state index < -0.39 is 11.0 Å². The number of aliphatic carboxylic acids is 1. The summed E-state index contributed by atoms with van der Waals surface area (Å²) >= 11 is 5.66. The van der Waals surface area contributed by atoms with E-state index in [0.29, 0.717) is 6.42 Å². The lowest BCUT2D eigenvalue weighted by Gasteiger charge is -2.23. The van der Waals surface area contributed by atoms with E-state index in [0.717, 1.165) is 5.01 Å². The number of halogens is 1. The summed E-state index contributed by atoms with van der Waals surface area (Å²) in [6.07, 6.45) is 0.599. The van der Waals surface area contributed by atoms with Crippen molar-refractivity contribution < 1.29 is 20.1 Å². The molecule has 1 rings (SSSR count). The minimum absolute atomic E-state index is 0.137. The zero-order chi connectivity index (χ0) is 10.1. The van der Waals surface area contributed by atoms with E-state index >= 15 is 0 Å². The van der Waals surface area contributed by atoms with Crippen LogP contribution in [0.1, 0.15) is 12.8 Å². The monoisotopic (exact) mass is 209 g/mol. The van der Waals surface area contributed by atoms with Crippen LogP contribution < -0.4 is 0 Å². The van der Waals surface area contributed by atoms with Gasteiger partial charge in [-0.25, -0.2) is 4.79 Å². The molecule has 1 aliphatic heterocycles. The minimum atomic E-state index is -1.78. The summed E-state index contributed by atoms with van der Waals surface area (Å²) in [7, 11) is 0. The van der Waals surface area contributed by atoms with Crippen molar-refractivity contribution >= 4 is 17.6 Å². The molecule has 1 fully saturated rings. The van der Waals surface area contributed by atoms with Gasteiger partial charge >= 0.3 is 5.97 Å². The van der Waals surface area contributed by atoms with Gasteiger partial charge in [0.25, 0.3) is 5.00 Å². The molecule has 1 atom stereocenters. The second-order valence-corrected chi connectivity index (χ2v) is 3.26. The molecule has 13 heavy (non-hydrogen) atoms. The standard InChI is InChI=1S/C5H8ClN3O4/c6-5(4(10)11)2-1-3-8(5)9(13)7-12/h12H,1-3H2,(H,10,11)/b9-7-. The van der Waals surface area contributed by atoms with Gasteiger partial charge in [-0.15, -0.1) is 5.01 Å². The molecule has 1 unspecified atom stereocenters. The van der Waals surface area contributed by atoms with Crippen LogP contribution in [0, 0.1) is 5.21 Å². The smallest absolute Gasteiger partial charge is 0.351 e. The molecule has 8 heteroatoms. The van der Waals surface area contributed by atoms with E-state index in [1.54, 1.807) is 0 Å². The van der Waals surface area contributed by atoms with Crippen LogP contribution in [0.25, 0.3) is 0 Å². The van der Waals surface area contributed by atoms with Crippen molar-refractivity contribution in [2.45, 2.75) is 17.8 Å². The van der Waals surface area contributed by atoms with E-state index in [4.69, 9.17) is 21.9 Å². The van der Waals surface area contributed by atoms with Crippen LogP contribution in [0.15, 0.2) is 5.28 Å². The van der Waals surface area contributed by atoms with Crippen LogP contribution in [0.2, 0.25) is 0 Å². The van der Waals surface area contributed by atoms with Crippen molar-refractivity contribution in [3.63, 3.8) is 0 Å². The van der Waals surface area contributed by atoms with Gasteiger partial charge in [-0.05, 0) is 6.42 Å². The van der Waals surface area contributed by atoms with Crippen molar-refractivity contribution in [3.05, 3.63) is 5.21 Å². The molecular weight excluding hydrogens is 202 g/mol. The Balaban J connectivity index is 2.92. The molecule has 0 saturated carbocycles. The first-order valence-corrected chi connectivity index (χ1v) is 3.92. The van der Waals surface area contributed by atoms with Gasteiger partial charge in [0.05, 0.1) is 11.5 Å². The highest BCUT2D eigenvalue weighted by atomic mass is 35.5. The maximum atomic E-state index is 10.8. The Bertz CT molecular complexity index is 258. The largest absolute Gasteiger partial charge is 0.569 e. The second kappa shape index (κ2) is 3.25. The van der Waals surface area contributed by atoms with Gasteiger partial charge in [-0.3, -0.25) is 0 Å². The molecule has 7 nitrogen and oxygen atoms in total. The Morgan fingerprint density at radius 1 is 1.77 bits per heavy atom. The lowest BCUT2D eigenvalue weighted by Crippen LogP contribution is -2.48. The summed E-state index contributed by atoms with van der Waals surface area (Å²) < 4.78 is 0. The molecule has 0 aromatic rings. The lowest BCUT2D eigenvalue weighted by atomic mass is 10.2. The zero-order valence-electron chi connectivity index (χ0n) is 6.55. The average molecular weight is 210 g/mol. The third-order valence-electron chi connectivity index (χ3n) is 1.90. The van der Waals surface area contributed by atoms with Crippen molar-refractivity contribution in [3.8, 4) is 0 Å². The average Bonchev–Trinajstić information content (AvgIpc) is 2.47. The van der Waals surface area contributed by atoms with E-state index in [1.165, 1.54) is 0 Å². The van der Waals surface area contributed by atoms with Crippen molar-refractivity contribution in [1.29, 1.82) is 0 Å². The Morgan fingerprint density at radius 3 is 2.85 bits per heavy atom. The van der Waals surface area contributed by atoms with Gasteiger partial charge in [0.2, 0.25) is 5.28 Å². The molecule has 2 N–H and O–H groups in total. The number of carbonyl (C=O) groups is 1. The number of alkyl halides is 1. The fourth-order valence-electron chi connectivity index (χ4n) is 1.26. The molecule has 0 bridgehead atoms. The van der Waals surface area contributed by atoms with Crippen LogP contribution >= 0.6 is 11.6 Å². The van der Waals surface area contributed by atoms with Gasteiger partial charge in [0.1, 0.15) is 0 Å². The van der Waals surface area contributed by atoms with Crippen LogP contribution in [0.4, 0.5) is 0 Å². The van der Waals surface area contributed by atoms with Gasteiger partial charge in [0, 0.05) is 6.42 Å². The second-order valence-electron chi connectivity index (χ2n) is 2.63. The molecule has 0 aliphatic carbocycles. The Morgan fingerprint density at radius 2 is 2.38 bits per heavy atom. The molecule has 1 heterocycles. The van der Waals surface area contributed by atoms with E-state index in [1.807, 2.05) is 0 Å². The van der Waals surface area contributed by atoms with Crippen LogP contribution in [-0.2, 0) is 4.79 Å². The third-order valence-corrected chi connectivity index (χ3v) is 2.44. The first kappa shape index (κ1) is 9.85. The van der Waals surface area contributed by atoms with Crippen LogP contribution in [0.5, 0.6) is 0 Å². The normalized spacial score (nSPS) is 29.3. The maximum Gasteiger partial charge on any atom is 0.351 e. The van der Waals surface area contributed by atoms with Crippen LogP contribution in [0.3, 0.4) is 0 Å². The SMILES string of the molecule is O=C(O)C1(Cl)CCCN1/[N+]([O-])=N/O. The molecule has 0 aromatic heterocycles. The molecule has 74 valence electrons. The van der Waals surface area contributed by atoms with E-state index in [2.05, 4.69) is 5.28 Å². The summed E-state index contributed by atoms with van der Waals surface area (Å²) in [5, 5.41) is 30.7. The summed E-state index contributed by atoms with van der Waals surface area (Å²) in [5.41, 5.74) is 0. The first-order chi connectivity index (χ1) is 6.02. The van der Waals surface area contributed by atoms with Crippen LogP contribution in [-0.4, -0.2) is 37.8 Å². The number of carboxylic acid groups (broad SMARTS) is 1. The maximum absolute atomic E-state index is 10.8. The highest BCUT2D eigenvalue weighted by molar-refractivity contribution is 6.33. The van der Waals surface area contributed by atoms with Gasteiger partial charge < -0.3 is 15.5 Å². The summed E-state index contributed by atoms with van der Waals surface area (Å²) in [6.45, 7) is 0.156. The van der Waals surface area contributed by atoms with Gasteiger partial charge in [-0.1, -0.05) is 11.6 Å². The van der Waals surface area contributed by atoms with Crippen molar-refractivity contribution in [2.75, 3.05) is 6.54 Å². The first-order valence-electron chi connectivity index (χ1n) is 3.54. The zero-order valence-corrected chi connectivity index (χ0v) is 7.31. The number of hydrogen-bond donors (Lipinski definition) is 2. The minimum Gasteiger partial charge on any atom is -0.569 e. The van der Waals surface area contributed by atoms with Crippen molar-refractivity contribution in [2.24, 2.45) is 5.28 Å². The molecule has 1 saturated heterocycles. The highest BCUT2D eigenvalue weighted by Gasteiger charge is 2.52. The fraction of sp³-hybridized carbons (Fsp3) is 0.800. The van der Waals surface area contributed by atoms with E-state index in [-0.39, 0.29) is 17.9 Å². The Hall–Kier alpha value is -1.24. The molecule has 0 amide bonds. The Kier molecular flexibility index (Phi) is 2.46. The van der Waals surface area contributed by atoms with Gasteiger partial charge in [-0.2, -0.15) is 0 Å². The van der Waals surface area contributed by atoms with E-state index in [9.17, 15) is 10.0 Å². The van der Waals surface area contributed by atoms with Crippen molar-refractivity contribution in [1.82, 2.24) is 5.01 Å². The number of rotatable bonds is 2. The number of nitrogens with zero attached hydrogens (tertiary/aromatic N) is 3. The summed E-state index contributed by atoms with van der Waals surface area (Å²) in [5.74, 6) is -1.32. The molecule has 0 aromatic carbocycles. The van der Waals surface area contributed by atoms with Gasteiger partial charge in [0.15, 0.2) is 0 Å². The molecular formula is C5H8ClN3O4. The number of hydrogen-bond acceptors (Lipinski definition) is 3. The summed E-state index contributed by atoms with van der Waals surface area (Å²) in [6, 6.07) is 0. The third kappa shape index (κ3) is 1.46. The highest BCUT2D eigenvalue weighted by Crippen LogP contribution is 2.33. The number of carboxylic acids is 1. The number of hydrazine groups is 1. The topological polar surface area (TPSA) is 99.2 Å². The molecule has 1 aliphatic rings.